The molecule has 0 fully saturated rings. The van der Waals surface area contributed by atoms with Crippen LogP contribution in [0.15, 0.2) is 24.3 Å². The molecule has 0 saturated carbocycles. The topological polar surface area (TPSA) is 59.6 Å². The van der Waals surface area contributed by atoms with Crippen molar-refractivity contribution in [2.24, 2.45) is 0 Å². The van der Waals surface area contributed by atoms with Crippen LogP contribution in [0.4, 0.5) is 0 Å². The summed E-state index contributed by atoms with van der Waals surface area (Å²) in [4.78, 5) is 11.6. The highest BCUT2D eigenvalue weighted by Gasteiger charge is 2.06. The molecule has 0 bridgehead atoms. The Morgan fingerprint density at radius 3 is 2.57 bits per heavy atom. The molecule has 7 heteroatoms. The number of benzene rings is 1. The molecule has 0 aliphatic carbocycles. The molecule has 120 valence electrons. The van der Waals surface area contributed by atoms with Crippen molar-refractivity contribution >= 4 is 29.9 Å². The zero-order chi connectivity index (χ0) is 14.8. The van der Waals surface area contributed by atoms with Gasteiger partial charge in [0, 0.05) is 32.3 Å². The van der Waals surface area contributed by atoms with Crippen LogP contribution in [-0.2, 0) is 20.7 Å². The van der Waals surface area contributed by atoms with Gasteiger partial charge < -0.3 is 20.1 Å². The number of ether oxygens (including phenoxy) is 2. The number of nitrogens with one attached hydrogen (secondary N) is 2. The van der Waals surface area contributed by atoms with E-state index in [1.165, 1.54) is 0 Å². The van der Waals surface area contributed by atoms with Gasteiger partial charge in [0.1, 0.15) is 0 Å². The Bertz CT molecular complexity index is 415. The zero-order valence-electron chi connectivity index (χ0n) is 12.2. The van der Waals surface area contributed by atoms with Crippen molar-refractivity contribution in [1.29, 1.82) is 0 Å². The van der Waals surface area contributed by atoms with Crippen LogP contribution >= 0.6 is 24.0 Å². The molecule has 0 spiro atoms. The molecular formula is C14H22Cl2N2O3. The first-order valence-electron chi connectivity index (χ1n) is 6.43. The average Bonchev–Trinajstić information content (AvgIpc) is 2.46. The van der Waals surface area contributed by atoms with Crippen LogP contribution in [0.2, 0.25) is 5.02 Å². The van der Waals surface area contributed by atoms with Gasteiger partial charge in [0.2, 0.25) is 5.91 Å². The summed E-state index contributed by atoms with van der Waals surface area (Å²) in [6.07, 6.45) is 0.371. The fourth-order valence-electron chi connectivity index (χ4n) is 1.67. The third-order valence-electron chi connectivity index (χ3n) is 2.80. The van der Waals surface area contributed by atoms with Gasteiger partial charge in [-0.25, -0.2) is 0 Å². The lowest BCUT2D eigenvalue weighted by atomic mass is 10.1. The molecule has 0 atom stereocenters. The first-order chi connectivity index (χ1) is 9.67. The number of rotatable bonds is 9. The molecule has 0 saturated heterocycles. The Balaban J connectivity index is 0.00000400. The van der Waals surface area contributed by atoms with Crippen LogP contribution in [0.3, 0.4) is 0 Å². The second-order valence-corrected chi connectivity index (χ2v) is 4.63. The summed E-state index contributed by atoms with van der Waals surface area (Å²) in [6.45, 7) is 1.25. The van der Waals surface area contributed by atoms with E-state index in [-0.39, 0.29) is 31.1 Å². The second kappa shape index (κ2) is 11.8. The van der Waals surface area contributed by atoms with Gasteiger partial charge >= 0.3 is 0 Å². The molecule has 0 unspecified atom stereocenters. The Labute approximate surface area is 136 Å². The van der Waals surface area contributed by atoms with Gasteiger partial charge in [0.15, 0.2) is 6.29 Å². The molecule has 0 aromatic heterocycles. The molecule has 1 amide bonds. The zero-order valence-corrected chi connectivity index (χ0v) is 13.8. The molecule has 1 rings (SSSR count). The molecule has 5 nitrogen and oxygen atoms in total. The number of halogens is 2. The molecule has 0 heterocycles. The predicted molar refractivity (Wildman–Crippen MR) is 86.1 cm³/mol. The van der Waals surface area contributed by atoms with E-state index >= 15 is 0 Å². The highest BCUT2D eigenvalue weighted by Crippen LogP contribution is 2.14. The maximum absolute atomic E-state index is 11.6. The first kappa shape index (κ1) is 20.1. The lowest BCUT2D eigenvalue weighted by Crippen LogP contribution is -2.38. The number of carbonyl (C=O) groups is 1. The maximum Gasteiger partial charge on any atom is 0.233 e. The van der Waals surface area contributed by atoms with E-state index in [9.17, 15) is 4.79 Å². The number of hydrogen-bond acceptors (Lipinski definition) is 4. The minimum atomic E-state index is -0.342. The summed E-state index contributed by atoms with van der Waals surface area (Å²) < 4.78 is 10.0. The summed E-state index contributed by atoms with van der Waals surface area (Å²) in [6, 6.07) is 7.61. The predicted octanol–water partition coefficient (Wildman–Crippen LogP) is 1.63. The van der Waals surface area contributed by atoms with E-state index in [4.69, 9.17) is 21.1 Å². The molecule has 2 N–H and O–H groups in total. The van der Waals surface area contributed by atoms with Crippen molar-refractivity contribution in [3.63, 3.8) is 0 Å². The van der Waals surface area contributed by atoms with Gasteiger partial charge in [-0.1, -0.05) is 29.8 Å². The summed E-state index contributed by atoms with van der Waals surface area (Å²) in [5, 5.41) is 6.51. The minimum Gasteiger partial charge on any atom is -0.355 e. The Hall–Kier alpha value is -0.850. The lowest BCUT2D eigenvalue weighted by molar-refractivity contribution is -0.121. The Kier molecular flexibility index (Phi) is 11.3. The standard InChI is InChI=1S/C14H21ClN2O3.ClH/c1-19-14(20-2)10-16-9-13(18)17-8-7-11-5-3-4-6-12(11)15;/h3-6,14,16H,7-10H2,1-2H3,(H,17,18);1H. The molecule has 0 aliphatic rings. The largest absolute Gasteiger partial charge is 0.355 e. The summed E-state index contributed by atoms with van der Waals surface area (Å²) in [5.74, 6) is -0.0667. The summed E-state index contributed by atoms with van der Waals surface area (Å²) in [7, 11) is 3.11. The molecular weight excluding hydrogens is 315 g/mol. The highest BCUT2D eigenvalue weighted by atomic mass is 35.5. The van der Waals surface area contributed by atoms with E-state index in [2.05, 4.69) is 10.6 Å². The quantitative estimate of drug-likeness (QED) is 0.673. The van der Waals surface area contributed by atoms with Crippen molar-refractivity contribution in [3.8, 4) is 0 Å². The van der Waals surface area contributed by atoms with Crippen LogP contribution in [-0.4, -0.2) is 46.1 Å². The normalized spacial score (nSPS) is 10.3. The first-order valence-corrected chi connectivity index (χ1v) is 6.81. The molecule has 21 heavy (non-hydrogen) atoms. The highest BCUT2D eigenvalue weighted by molar-refractivity contribution is 6.31. The van der Waals surface area contributed by atoms with Crippen molar-refractivity contribution in [2.45, 2.75) is 12.7 Å². The van der Waals surface area contributed by atoms with Gasteiger partial charge in [0.25, 0.3) is 0 Å². The Morgan fingerprint density at radius 2 is 1.95 bits per heavy atom. The summed E-state index contributed by atoms with van der Waals surface area (Å²) >= 11 is 6.04. The van der Waals surface area contributed by atoms with E-state index in [1.54, 1.807) is 14.2 Å². The SMILES string of the molecule is COC(CNCC(=O)NCCc1ccccc1Cl)OC.Cl. The molecule has 1 aromatic rings. The van der Waals surface area contributed by atoms with Crippen molar-refractivity contribution in [1.82, 2.24) is 10.6 Å². The fourth-order valence-corrected chi connectivity index (χ4v) is 1.90. The van der Waals surface area contributed by atoms with Crippen molar-refractivity contribution < 1.29 is 14.3 Å². The van der Waals surface area contributed by atoms with Gasteiger partial charge in [0.05, 0.1) is 6.54 Å². The Morgan fingerprint density at radius 1 is 1.29 bits per heavy atom. The molecule has 1 aromatic carbocycles. The fraction of sp³-hybridized carbons (Fsp3) is 0.500. The van der Waals surface area contributed by atoms with Gasteiger partial charge in [-0.15, -0.1) is 12.4 Å². The van der Waals surface area contributed by atoms with Crippen LogP contribution in [0.25, 0.3) is 0 Å². The number of amides is 1. The van der Waals surface area contributed by atoms with Crippen LogP contribution in [0.5, 0.6) is 0 Å². The lowest BCUT2D eigenvalue weighted by Gasteiger charge is -2.14. The van der Waals surface area contributed by atoms with Crippen LogP contribution in [0.1, 0.15) is 5.56 Å². The summed E-state index contributed by atoms with van der Waals surface area (Å²) in [5.41, 5.74) is 1.03. The van der Waals surface area contributed by atoms with Gasteiger partial charge in [-0.3, -0.25) is 4.79 Å². The third-order valence-corrected chi connectivity index (χ3v) is 3.17. The van der Waals surface area contributed by atoms with Gasteiger partial charge in [-0.2, -0.15) is 0 Å². The minimum absolute atomic E-state index is 0. The van der Waals surface area contributed by atoms with E-state index in [0.29, 0.717) is 19.5 Å². The maximum atomic E-state index is 11.6. The number of carbonyl (C=O) groups excluding carboxylic acids is 1. The number of hydrogen-bond donors (Lipinski definition) is 2. The van der Waals surface area contributed by atoms with E-state index in [0.717, 1.165) is 10.6 Å². The number of methoxy groups -OCH3 is 2. The van der Waals surface area contributed by atoms with Crippen LogP contribution < -0.4 is 10.6 Å². The van der Waals surface area contributed by atoms with Crippen molar-refractivity contribution in [2.75, 3.05) is 33.9 Å². The van der Waals surface area contributed by atoms with E-state index in [1.807, 2.05) is 24.3 Å². The molecule has 0 radical (unpaired) electrons. The van der Waals surface area contributed by atoms with Crippen LogP contribution in [0, 0.1) is 0 Å². The smallest absolute Gasteiger partial charge is 0.233 e. The average molecular weight is 337 g/mol. The monoisotopic (exact) mass is 336 g/mol. The third kappa shape index (κ3) is 8.24. The van der Waals surface area contributed by atoms with Crippen molar-refractivity contribution in [3.05, 3.63) is 34.9 Å². The van der Waals surface area contributed by atoms with Gasteiger partial charge in [-0.05, 0) is 18.1 Å². The second-order valence-electron chi connectivity index (χ2n) is 4.22. The molecule has 0 aliphatic heterocycles. The van der Waals surface area contributed by atoms with E-state index < -0.39 is 0 Å².